The highest BCUT2D eigenvalue weighted by Crippen LogP contribution is 2.31. The average Bonchev–Trinajstić information content (AvgIpc) is 2.91. The van der Waals surface area contributed by atoms with Crippen molar-refractivity contribution in [3.05, 3.63) is 28.8 Å². The van der Waals surface area contributed by atoms with Crippen molar-refractivity contribution in [3.63, 3.8) is 0 Å². The molecule has 2 aliphatic rings. The van der Waals surface area contributed by atoms with Gasteiger partial charge in [-0.2, -0.15) is 0 Å². The summed E-state index contributed by atoms with van der Waals surface area (Å²) >= 11 is 6.31. The third-order valence-corrected chi connectivity index (χ3v) is 5.82. The van der Waals surface area contributed by atoms with Crippen LogP contribution in [0, 0.1) is 5.41 Å². The van der Waals surface area contributed by atoms with Gasteiger partial charge in [0.25, 0.3) is 5.91 Å². The number of fused-ring (bicyclic) bond motifs is 2. The van der Waals surface area contributed by atoms with E-state index in [4.69, 9.17) is 11.6 Å². The monoisotopic (exact) mass is 391 g/mol. The van der Waals surface area contributed by atoms with E-state index in [1.165, 1.54) is 12.8 Å². The molecule has 2 fully saturated rings. The fourth-order valence-electron chi connectivity index (χ4n) is 4.15. The molecule has 2 unspecified atom stereocenters. The van der Waals surface area contributed by atoms with E-state index in [0.29, 0.717) is 34.8 Å². The Labute approximate surface area is 166 Å². The van der Waals surface area contributed by atoms with E-state index in [1.807, 2.05) is 32.7 Å². The van der Waals surface area contributed by atoms with Gasteiger partial charge in [0.05, 0.1) is 10.6 Å². The Morgan fingerprint density at radius 2 is 1.85 bits per heavy atom. The molecule has 2 heterocycles. The predicted octanol–water partition coefficient (Wildman–Crippen LogP) is 4.07. The first kappa shape index (κ1) is 20.2. The lowest BCUT2D eigenvalue weighted by Crippen LogP contribution is -2.48. The lowest BCUT2D eigenvalue weighted by molar-refractivity contribution is -0.117. The Morgan fingerprint density at radius 3 is 2.44 bits per heavy atom. The molecule has 5 nitrogen and oxygen atoms in total. The van der Waals surface area contributed by atoms with E-state index in [2.05, 4.69) is 10.6 Å². The minimum Gasteiger partial charge on any atom is -0.339 e. The second-order valence-corrected chi connectivity index (χ2v) is 9.57. The summed E-state index contributed by atoms with van der Waals surface area (Å²) < 4.78 is 0. The highest BCUT2D eigenvalue weighted by Gasteiger charge is 2.36. The number of rotatable bonds is 4. The lowest BCUT2D eigenvalue weighted by atomic mass is 9.92. The summed E-state index contributed by atoms with van der Waals surface area (Å²) in [4.78, 5) is 27.1. The van der Waals surface area contributed by atoms with Crippen LogP contribution < -0.4 is 10.6 Å². The molecule has 0 spiro atoms. The fourth-order valence-corrected chi connectivity index (χ4v) is 4.35. The number of piperidine rings is 1. The van der Waals surface area contributed by atoms with Crippen molar-refractivity contribution in [1.82, 2.24) is 10.2 Å². The Morgan fingerprint density at radius 1 is 1.22 bits per heavy atom. The number of nitrogens with one attached hydrogen (secondary N) is 2. The van der Waals surface area contributed by atoms with Gasteiger partial charge in [-0.25, -0.2) is 0 Å². The van der Waals surface area contributed by atoms with Crippen molar-refractivity contribution in [2.24, 2.45) is 5.41 Å². The number of benzene rings is 1. The van der Waals surface area contributed by atoms with Crippen molar-refractivity contribution in [1.29, 1.82) is 0 Å². The van der Waals surface area contributed by atoms with Gasteiger partial charge in [0.15, 0.2) is 0 Å². The molecule has 0 radical (unpaired) electrons. The summed E-state index contributed by atoms with van der Waals surface area (Å²) in [7, 11) is 1.86. The zero-order chi connectivity index (χ0) is 19.8. The minimum atomic E-state index is -0.0935. The van der Waals surface area contributed by atoms with Crippen molar-refractivity contribution < 1.29 is 9.59 Å². The zero-order valence-corrected chi connectivity index (χ0v) is 17.4. The van der Waals surface area contributed by atoms with E-state index in [-0.39, 0.29) is 23.3 Å². The fraction of sp³-hybridized carbons (Fsp3) is 0.619. The Kier molecular flexibility index (Phi) is 5.82. The molecule has 1 aromatic rings. The van der Waals surface area contributed by atoms with Crippen LogP contribution in [0.25, 0.3) is 0 Å². The maximum absolute atomic E-state index is 13.1. The van der Waals surface area contributed by atoms with Gasteiger partial charge < -0.3 is 15.5 Å². The van der Waals surface area contributed by atoms with Gasteiger partial charge in [0, 0.05) is 37.3 Å². The number of hydrogen-bond donors (Lipinski definition) is 2. The molecule has 2 atom stereocenters. The Bertz CT molecular complexity index is 717. The first-order valence-electron chi connectivity index (χ1n) is 9.75. The summed E-state index contributed by atoms with van der Waals surface area (Å²) in [5.41, 5.74) is 0.957. The van der Waals surface area contributed by atoms with Crippen LogP contribution in [-0.4, -0.2) is 41.9 Å². The quantitative estimate of drug-likeness (QED) is 0.813. The third-order valence-electron chi connectivity index (χ3n) is 5.49. The van der Waals surface area contributed by atoms with Crippen LogP contribution in [-0.2, 0) is 4.79 Å². The maximum Gasteiger partial charge on any atom is 0.255 e. The first-order chi connectivity index (χ1) is 12.6. The van der Waals surface area contributed by atoms with Crippen LogP contribution in [0.1, 0.15) is 63.2 Å². The summed E-state index contributed by atoms with van der Waals surface area (Å²) in [6, 6.07) is 6.37. The van der Waals surface area contributed by atoms with E-state index in [1.54, 1.807) is 18.2 Å². The molecule has 2 saturated heterocycles. The molecule has 0 aliphatic carbocycles. The summed E-state index contributed by atoms with van der Waals surface area (Å²) in [6.45, 7) is 6.06. The molecule has 2 bridgehead atoms. The summed E-state index contributed by atoms with van der Waals surface area (Å²) in [5.74, 6) is -0.148. The topological polar surface area (TPSA) is 61.4 Å². The molecule has 2 aliphatic heterocycles. The molecular weight excluding hydrogens is 362 g/mol. The van der Waals surface area contributed by atoms with Crippen molar-refractivity contribution in [2.45, 2.75) is 71.0 Å². The van der Waals surface area contributed by atoms with Gasteiger partial charge in [-0.05, 0) is 49.3 Å². The number of carbonyl (C=O) groups is 2. The number of amides is 2. The number of carbonyl (C=O) groups excluding carboxylic acids is 2. The van der Waals surface area contributed by atoms with Crippen molar-refractivity contribution in [2.75, 3.05) is 12.4 Å². The molecule has 0 saturated carbocycles. The largest absolute Gasteiger partial charge is 0.339 e. The number of anilines is 1. The van der Waals surface area contributed by atoms with Crippen LogP contribution in [0.5, 0.6) is 0 Å². The van der Waals surface area contributed by atoms with Gasteiger partial charge in [-0.15, -0.1) is 0 Å². The average molecular weight is 392 g/mol. The first-order valence-corrected chi connectivity index (χ1v) is 10.1. The van der Waals surface area contributed by atoms with E-state index in [0.717, 1.165) is 12.8 Å². The number of halogens is 1. The second kappa shape index (κ2) is 7.80. The molecule has 6 heteroatoms. The van der Waals surface area contributed by atoms with E-state index < -0.39 is 0 Å². The van der Waals surface area contributed by atoms with Gasteiger partial charge in [0.1, 0.15) is 0 Å². The standard InChI is InChI=1S/C21H30ClN3O2/c1-21(2,3)12-19(26)24-15-7-8-18(22)17(11-15)20(27)25(4)16-9-13-5-6-14(10-16)23-13/h7-8,11,13-14,16,23H,5-6,9-10,12H2,1-4H3,(H,24,26). The normalized spacial score (nSPS) is 24.6. The van der Waals surface area contributed by atoms with Crippen LogP contribution in [0.2, 0.25) is 5.02 Å². The number of hydrogen-bond acceptors (Lipinski definition) is 3. The smallest absolute Gasteiger partial charge is 0.255 e. The van der Waals surface area contributed by atoms with Crippen LogP contribution >= 0.6 is 11.6 Å². The maximum atomic E-state index is 13.1. The summed E-state index contributed by atoms with van der Waals surface area (Å²) in [6.07, 6.45) is 4.77. The molecule has 3 rings (SSSR count). The SMILES string of the molecule is CN(C(=O)c1cc(NC(=O)CC(C)(C)C)ccc1Cl)C1CC2CCC(C1)N2. The highest BCUT2D eigenvalue weighted by atomic mass is 35.5. The van der Waals surface area contributed by atoms with Crippen LogP contribution in [0.15, 0.2) is 18.2 Å². The van der Waals surface area contributed by atoms with E-state index >= 15 is 0 Å². The Hall–Kier alpha value is -1.59. The zero-order valence-electron chi connectivity index (χ0n) is 16.6. The Balaban J connectivity index is 1.71. The summed E-state index contributed by atoms with van der Waals surface area (Å²) in [5, 5.41) is 6.90. The molecule has 2 amide bonds. The molecule has 2 N–H and O–H groups in total. The molecule has 148 valence electrons. The van der Waals surface area contributed by atoms with Gasteiger partial charge >= 0.3 is 0 Å². The van der Waals surface area contributed by atoms with Gasteiger partial charge in [-0.3, -0.25) is 9.59 Å². The van der Waals surface area contributed by atoms with Crippen molar-refractivity contribution in [3.8, 4) is 0 Å². The molecular formula is C21H30ClN3O2. The van der Waals surface area contributed by atoms with Crippen molar-refractivity contribution >= 4 is 29.1 Å². The lowest BCUT2D eigenvalue weighted by Gasteiger charge is -2.35. The third kappa shape index (κ3) is 5.02. The predicted molar refractivity (Wildman–Crippen MR) is 109 cm³/mol. The van der Waals surface area contributed by atoms with Gasteiger partial charge in [-0.1, -0.05) is 32.4 Å². The van der Waals surface area contributed by atoms with Crippen LogP contribution in [0.4, 0.5) is 5.69 Å². The van der Waals surface area contributed by atoms with Gasteiger partial charge in [0.2, 0.25) is 5.91 Å². The molecule has 0 aromatic heterocycles. The molecule has 1 aromatic carbocycles. The minimum absolute atomic E-state index is 0.0634. The van der Waals surface area contributed by atoms with Crippen LogP contribution in [0.3, 0.4) is 0 Å². The number of nitrogens with zero attached hydrogens (tertiary/aromatic N) is 1. The highest BCUT2D eigenvalue weighted by molar-refractivity contribution is 6.34. The molecule has 27 heavy (non-hydrogen) atoms. The van der Waals surface area contributed by atoms with E-state index in [9.17, 15) is 9.59 Å². The second-order valence-electron chi connectivity index (χ2n) is 9.16.